The van der Waals surface area contributed by atoms with Gasteiger partial charge in [-0.05, 0) is 43.5 Å². The molecule has 2 rings (SSSR count). The predicted molar refractivity (Wildman–Crippen MR) is 92.3 cm³/mol. The summed E-state index contributed by atoms with van der Waals surface area (Å²) in [6.07, 6.45) is 1.75. The molecule has 2 N–H and O–H groups in total. The molecule has 1 heterocycles. The number of nitrogens with one attached hydrogen (secondary N) is 2. The Labute approximate surface area is 147 Å². The van der Waals surface area contributed by atoms with Crippen LogP contribution in [0, 0.1) is 15.5 Å². The second-order valence-corrected chi connectivity index (χ2v) is 7.74. The van der Waals surface area contributed by atoms with Gasteiger partial charge in [0.25, 0.3) is 0 Å². The van der Waals surface area contributed by atoms with Crippen molar-refractivity contribution in [2.45, 2.75) is 24.7 Å². The van der Waals surface area contributed by atoms with Gasteiger partial charge < -0.3 is 10.1 Å². The van der Waals surface area contributed by atoms with E-state index in [2.05, 4.69) is 10.0 Å². The number of rotatable bonds is 6. The lowest BCUT2D eigenvalue weighted by atomic mass is 9.81. The van der Waals surface area contributed by atoms with Crippen LogP contribution in [0.5, 0.6) is 5.75 Å². The van der Waals surface area contributed by atoms with Crippen molar-refractivity contribution in [3.8, 4) is 5.75 Å². The van der Waals surface area contributed by atoms with E-state index in [1.54, 1.807) is 0 Å². The summed E-state index contributed by atoms with van der Waals surface area (Å²) in [4.78, 5) is 10.2. The van der Waals surface area contributed by atoms with Gasteiger partial charge in [0, 0.05) is 12.6 Å². The van der Waals surface area contributed by atoms with Crippen molar-refractivity contribution in [1.29, 1.82) is 0 Å². The molecule has 0 aliphatic carbocycles. The van der Waals surface area contributed by atoms with E-state index in [4.69, 9.17) is 4.74 Å². The third kappa shape index (κ3) is 4.79. The van der Waals surface area contributed by atoms with E-state index in [0.29, 0.717) is 6.54 Å². The number of hydrogen-bond acceptors (Lipinski definition) is 6. The maximum Gasteiger partial charge on any atom is 0.312 e. The Hall–Kier alpha value is -1.42. The Bertz CT molecular complexity index is 690. The third-order valence-electron chi connectivity index (χ3n) is 4.16. The SMILES string of the molecule is COc1ccc(S(=O)(=O)NCC2(C)CCNCC2)cc1[N+](=O)[O-].Cl. The van der Waals surface area contributed by atoms with Crippen LogP contribution in [0.25, 0.3) is 0 Å². The molecule has 1 saturated heterocycles. The summed E-state index contributed by atoms with van der Waals surface area (Å²) in [5.74, 6) is 0.0271. The van der Waals surface area contributed by atoms with Crippen molar-refractivity contribution in [3.63, 3.8) is 0 Å². The predicted octanol–water partition coefficient (Wildman–Crippen LogP) is 1.69. The minimum absolute atomic E-state index is 0. The third-order valence-corrected chi connectivity index (χ3v) is 5.56. The number of benzene rings is 1. The summed E-state index contributed by atoms with van der Waals surface area (Å²) in [6.45, 7) is 4.04. The number of ether oxygens (including phenoxy) is 1. The fourth-order valence-electron chi connectivity index (χ4n) is 2.54. The van der Waals surface area contributed by atoms with Crippen molar-refractivity contribution in [2.75, 3.05) is 26.7 Å². The highest BCUT2D eigenvalue weighted by Crippen LogP contribution is 2.30. The van der Waals surface area contributed by atoms with Crippen LogP contribution in [-0.4, -0.2) is 40.1 Å². The molecule has 24 heavy (non-hydrogen) atoms. The Morgan fingerprint density at radius 2 is 2.00 bits per heavy atom. The van der Waals surface area contributed by atoms with Crippen molar-refractivity contribution >= 4 is 28.1 Å². The van der Waals surface area contributed by atoms with E-state index < -0.39 is 14.9 Å². The molecule has 136 valence electrons. The highest BCUT2D eigenvalue weighted by atomic mass is 35.5. The summed E-state index contributed by atoms with van der Waals surface area (Å²) in [5.41, 5.74) is -0.486. The summed E-state index contributed by atoms with van der Waals surface area (Å²) in [6, 6.07) is 3.61. The van der Waals surface area contributed by atoms with Gasteiger partial charge in [-0.1, -0.05) is 6.92 Å². The molecule has 0 spiro atoms. The van der Waals surface area contributed by atoms with Crippen molar-refractivity contribution < 1.29 is 18.1 Å². The van der Waals surface area contributed by atoms with Gasteiger partial charge >= 0.3 is 5.69 Å². The number of piperidine rings is 1. The second-order valence-electron chi connectivity index (χ2n) is 5.98. The number of sulfonamides is 1. The molecule has 1 aromatic carbocycles. The smallest absolute Gasteiger partial charge is 0.312 e. The van der Waals surface area contributed by atoms with E-state index in [0.717, 1.165) is 32.0 Å². The van der Waals surface area contributed by atoms with Crippen molar-refractivity contribution in [1.82, 2.24) is 10.0 Å². The zero-order valence-corrected chi connectivity index (χ0v) is 15.2. The van der Waals surface area contributed by atoms with E-state index >= 15 is 0 Å². The molecule has 0 bridgehead atoms. The van der Waals surface area contributed by atoms with Crippen LogP contribution >= 0.6 is 12.4 Å². The molecule has 0 radical (unpaired) electrons. The highest BCUT2D eigenvalue weighted by Gasteiger charge is 2.29. The summed E-state index contributed by atoms with van der Waals surface area (Å²) >= 11 is 0. The maximum absolute atomic E-state index is 12.4. The highest BCUT2D eigenvalue weighted by molar-refractivity contribution is 7.89. The first-order chi connectivity index (χ1) is 10.8. The first kappa shape index (κ1) is 20.6. The summed E-state index contributed by atoms with van der Waals surface area (Å²) in [5, 5.41) is 14.3. The van der Waals surface area contributed by atoms with Gasteiger partial charge in [0.2, 0.25) is 10.0 Å². The normalized spacial score (nSPS) is 16.9. The fourth-order valence-corrected chi connectivity index (χ4v) is 3.76. The Kier molecular flexibility index (Phi) is 6.97. The Balaban J connectivity index is 0.00000288. The zero-order chi connectivity index (χ0) is 17.1. The number of hydrogen-bond donors (Lipinski definition) is 2. The van der Waals surface area contributed by atoms with Gasteiger partial charge in [-0.2, -0.15) is 0 Å². The molecule has 1 aromatic rings. The van der Waals surface area contributed by atoms with E-state index in [1.807, 2.05) is 6.92 Å². The molecule has 1 aliphatic rings. The average Bonchev–Trinajstić information content (AvgIpc) is 2.53. The van der Waals surface area contributed by atoms with Crippen LogP contribution in [0.2, 0.25) is 0 Å². The van der Waals surface area contributed by atoms with Gasteiger partial charge in [-0.15, -0.1) is 12.4 Å². The van der Waals surface area contributed by atoms with Gasteiger partial charge in [0.1, 0.15) is 0 Å². The quantitative estimate of drug-likeness (QED) is 0.574. The molecular formula is C14H22ClN3O5S. The molecule has 10 heteroatoms. The van der Waals surface area contributed by atoms with E-state index in [-0.39, 0.29) is 34.2 Å². The lowest BCUT2D eigenvalue weighted by Gasteiger charge is -2.34. The van der Waals surface area contributed by atoms with Gasteiger partial charge in [-0.3, -0.25) is 10.1 Å². The van der Waals surface area contributed by atoms with Crippen molar-refractivity contribution in [2.24, 2.45) is 5.41 Å². The maximum atomic E-state index is 12.4. The molecule has 0 unspecified atom stereocenters. The van der Waals surface area contributed by atoms with Gasteiger partial charge in [-0.25, -0.2) is 13.1 Å². The zero-order valence-electron chi connectivity index (χ0n) is 13.6. The topological polar surface area (TPSA) is 111 Å². The molecule has 0 aromatic heterocycles. The molecule has 0 saturated carbocycles. The van der Waals surface area contributed by atoms with Crippen LogP contribution < -0.4 is 14.8 Å². The fraction of sp³-hybridized carbons (Fsp3) is 0.571. The molecule has 8 nitrogen and oxygen atoms in total. The molecule has 0 atom stereocenters. The Morgan fingerprint density at radius 1 is 1.38 bits per heavy atom. The number of nitro benzene ring substituents is 1. The lowest BCUT2D eigenvalue weighted by Crippen LogP contribution is -2.42. The van der Waals surface area contributed by atoms with Crippen LogP contribution in [0.3, 0.4) is 0 Å². The van der Waals surface area contributed by atoms with E-state index in [1.165, 1.54) is 19.2 Å². The monoisotopic (exact) mass is 379 g/mol. The van der Waals surface area contributed by atoms with Gasteiger partial charge in [0.15, 0.2) is 5.75 Å². The van der Waals surface area contributed by atoms with Gasteiger partial charge in [0.05, 0.1) is 16.9 Å². The summed E-state index contributed by atoms with van der Waals surface area (Å²) in [7, 11) is -2.51. The second kappa shape index (κ2) is 8.11. The molecule has 1 fully saturated rings. The van der Waals surface area contributed by atoms with Crippen LogP contribution in [-0.2, 0) is 10.0 Å². The number of halogens is 1. The number of nitrogens with zero attached hydrogens (tertiary/aromatic N) is 1. The minimum Gasteiger partial charge on any atom is -0.490 e. The van der Waals surface area contributed by atoms with Crippen molar-refractivity contribution in [3.05, 3.63) is 28.3 Å². The number of nitro groups is 1. The largest absolute Gasteiger partial charge is 0.490 e. The minimum atomic E-state index is -3.81. The lowest BCUT2D eigenvalue weighted by molar-refractivity contribution is -0.386. The van der Waals surface area contributed by atoms with Crippen LogP contribution in [0.15, 0.2) is 23.1 Å². The van der Waals surface area contributed by atoms with Crippen LogP contribution in [0.1, 0.15) is 19.8 Å². The van der Waals surface area contributed by atoms with E-state index in [9.17, 15) is 18.5 Å². The standard InChI is InChI=1S/C14H21N3O5S.ClH/c1-14(5-7-15-8-6-14)10-16-23(20,21)11-3-4-13(22-2)12(9-11)17(18)19;/h3-4,9,15-16H,5-8,10H2,1-2H3;1H. The molecule has 0 amide bonds. The van der Waals surface area contributed by atoms with Crippen LogP contribution in [0.4, 0.5) is 5.69 Å². The first-order valence-electron chi connectivity index (χ1n) is 7.30. The molecule has 1 aliphatic heterocycles. The number of methoxy groups -OCH3 is 1. The first-order valence-corrected chi connectivity index (χ1v) is 8.79. The average molecular weight is 380 g/mol. The Morgan fingerprint density at radius 3 is 2.54 bits per heavy atom. The summed E-state index contributed by atoms with van der Waals surface area (Å²) < 4.78 is 32.3. The molecular weight excluding hydrogens is 358 g/mol.